The van der Waals surface area contributed by atoms with Crippen LogP contribution in [0.25, 0.3) is 0 Å². The fourth-order valence-corrected chi connectivity index (χ4v) is 2.76. The molecule has 0 aromatic heterocycles. The highest BCUT2D eigenvalue weighted by molar-refractivity contribution is 5.93. The van der Waals surface area contributed by atoms with Gasteiger partial charge in [-0.15, -0.1) is 0 Å². The molecule has 0 bridgehead atoms. The van der Waals surface area contributed by atoms with E-state index >= 15 is 0 Å². The number of phenols is 2. The summed E-state index contributed by atoms with van der Waals surface area (Å²) in [6.45, 7) is 4.95. The first-order chi connectivity index (χ1) is 11.9. The quantitative estimate of drug-likeness (QED) is 0.555. The summed E-state index contributed by atoms with van der Waals surface area (Å²) in [4.78, 5) is 11.3. The topological polar surface area (TPSA) is 95.6 Å². The number of carbonyl (C=O) groups is 1. The summed E-state index contributed by atoms with van der Waals surface area (Å²) < 4.78 is 0. The summed E-state index contributed by atoms with van der Waals surface area (Å²) in [5, 5.41) is 22.3. The molecule has 0 heterocycles. The third kappa shape index (κ3) is 5.50. The summed E-state index contributed by atoms with van der Waals surface area (Å²) in [5.41, 5.74) is 9.18. The smallest absolute Gasteiger partial charge is 0.248 e. The van der Waals surface area contributed by atoms with Crippen molar-refractivity contribution in [3.63, 3.8) is 0 Å². The van der Waals surface area contributed by atoms with Crippen molar-refractivity contribution in [2.24, 2.45) is 5.73 Å². The molecule has 0 spiro atoms. The van der Waals surface area contributed by atoms with E-state index in [2.05, 4.69) is 12.2 Å². The Morgan fingerprint density at radius 3 is 2.56 bits per heavy atom. The Morgan fingerprint density at radius 2 is 1.88 bits per heavy atom. The van der Waals surface area contributed by atoms with Gasteiger partial charge in [0.15, 0.2) is 11.5 Å². The molecule has 25 heavy (non-hydrogen) atoms. The number of aromatic hydroxyl groups is 2. The first-order valence-electron chi connectivity index (χ1n) is 8.50. The zero-order chi connectivity index (χ0) is 18.4. The molecule has 2 aromatic carbocycles. The Kier molecular flexibility index (Phi) is 6.42. The third-order valence-corrected chi connectivity index (χ3v) is 4.43. The van der Waals surface area contributed by atoms with E-state index < -0.39 is 5.91 Å². The molecule has 5 heteroatoms. The average Bonchev–Trinajstić information content (AvgIpc) is 2.57. The molecule has 134 valence electrons. The molecule has 0 saturated heterocycles. The van der Waals surface area contributed by atoms with Crippen molar-refractivity contribution >= 4 is 5.91 Å². The molecule has 1 amide bonds. The number of nitrogens with one attached hydrogen (secondary N) is 1. The van der Waals surface area contributed by atoms with E-state index in [1.54, 1.807) is 18.2 Å². The summed E-state index contributed by atoms with van der Waals surface area (Å²) >= 11 is 0. The Labute approximate surface area is 148 Å². The molecular formula is C20H26N2O3. The van der Waals surface area contributed by atoms with E-state index in [9.17, 15) is 15.0 Å². The molecular weight excluding hydrogens is 316 g/mol. The highest BCUT2D eigenvalue weighted by Gasteiger charge is 2.08. The Hall–Kier alpha value is -2.53. The van der Waals surface area contributed by atoms with Gasteiger partial charge in [0.1, 0.15) is 0 Å². The van der Waals surface area contributed by atoms with Crippen LogP contribution in [0.4, 0.5) is 0 Å². The van der Waals surface area contributed by atoms with Crippen molar-refractivity contribution in [2.45, 2.75) is 39.2 Å². The number of aryl methyl sites for hydroxylation is 2. The lowest BCUT2D eigenvalue weighted by Crippen LogP contribution is -2.28. The van der Waals surface area contributed by atoms with Crippen LogP contribution in [-0.2, 0) is 12.8 Å². The number of phenolic OH excluding ortho intramolecular Hbond substituents is 2. The van der Waals surface area contributed by atoms with Gasteiger partial charge in [-0.2, -0.15) is 0 Å². The van der Waals surface area contributed by atoms with Crippen LogP contribution in [-0.4, -0.2) is 28.7 Å². The predicted molar refractivity (Wildman–Crippen MR) is 99.0 cm³/mol. The second kappa shape index (κ2) is 8.53. The highest BCUT2D eigenvalue weighted by Crippen LogP contribution is 2.24. The first-order valence-corrected chi connectivity index (χ1v) is 8.50. The van der Waals surface area contributed by atoms with Gasteiger partial charge in [0.25, 0.3) is 0 Å². The first kappa shape index (κ1) is 18.8. The van der Waals surface area contributed by atoms with Crippen molar-refractivity contribution in [2.75, 3.05) is 6.54 Å². The lowest BCUT2D eigenvalue weighted by Gasteiger charge is -2.15. The van der Waals surface area contributed by atoms with Gasteiger partial charge in [0.2, 0.25) is 5.91 Å². The number of rotatable bonds is 8. The summed E-state index contributed by atoms with van der Waals surface area (Å²) in [7, 11) is 0. The molecule has 0 aliphatic heterocycles. The number of hydrogen-bond donors (Lipinski definition) is 4. The van der Waals surface area contributed by atoms with Gasteiger partial charge >= 0.3 is 0 Å². The standard InChI is InChI=1S/C20H26N2O3/c1-13-3-6-17(20(21)25)12-16(13)7-4-14(2)22-10-9-15-5-8-18(23)19(24)11-15/h3,5-6,8,11-12,14,22-24H,4,7,9-10H2,1-2H3,(H2,21,25). The minimum atomic E-state index is -0.399. The van der Waals surface area contributed by atoms with Crippen molar-refractivity contribution in [1.29, 1.82) is 0 Å². The number of primary amides is 1. The monoisotopic (exact) mass is 342 g/mol. The highest BCUT2D eigenvalue weighted by atomic mass is 16.3. The van der Waals surface area contributed by atoms with Gasteiger partial charge in [-0.1, -0.05) is 12.1 Å². The lowest BCUT2D eigenvalue weighted by molar-refractivity contribution is 0.1000. The van der Waals surface area contributed by atoms with Gasteiger partial charge in [-0.3, -0.25) is 4.79 Å². The van der Waals surface area contributed by atoms with Gasteiger partial charge in [-0.25, -0.2) is 0 Å². The zero-order valence-corrected chi connectivity index (χ0v) is 14.7. The number of carbonyl (C=O) groups excluding carboxylic acids is 1. The van der Waals surface area contributed by atoms with Crippen molar-refractivity contribution in [3.05, 3.63) is 58.7 Å². The fraction of sp³-hybridized carbons (Fsp3) is 0.350. The molecule has 2 aromatic rings. The second-order valence-electron chi connectivity index (χ2n) is 6.47. The van der Waals surface area contributed by atoms with Crippen LogP contribution < -0.4 is 11.1 Å². The van der Waals surface area contributed by atoms with Crippen LogP contribution >= 0.6 is 0 Å². The Bertz CT molecular complexity index is 744. The maximum atomic E-state index is 11.3. The molecule has 5 N–H and O–H groups in total. The molecule has 1 unspecified atom stereocenters. The number of nitrogens with two attached hydrogens (primary N) is 1. The Balaban J connectivity index is 1.80. The van der Waals surface area contributed by atoms with E-state index in [1.165, 1.54) is 6.07 Å². The summed E-state index contributed by atoms with van der Waals surface area (Å²) in [5.74, 6) is -0.585. The SMILES string of the molecule is Cc1ccc(C(N)=O)cc1CCC(C)NCCc1ccc(O)c(O)c1. The lowest BCUT2D eigenvalue weighted by atomic mass is 9.98. The van der Waals surface area contributed by atoms with E-state index in [1.807, 2.05) is 19.1 Å². The van der Waals surface area contributed by atoms with Crippen LogP contribution in [0, 0.1) is 6.92 Å². The van der Waals surface area contributed by atoms with Crippen LogP contribution in [0.5, 0.6) is 11.5 Å². The molecule has 0 aliphatic carbocycles. The second-order valence-corrected chi connectivity index (χ2v) is 6.47. The molecule has 2 rings (SSSR count). The minimum absolute atomic E-state index is 0.0876. The van der Waals surface area contributed by atoms with Gasteiger partial charge in [0, 0.05) is 11.6 Å². The van der Waals surface area contributed by atoms with Crippen LogP contribution in [0.1, 0.15) is 40.4 Å². The number of amides is 1. The van der Waals surface area contributed by atoms with Crippen molar-refractivity contribution < 1.29 is 15.0 Å². The Morgan fingerprint density at radius 1 is 1.12 bits per heavy atom. The van der Waals surface area contributed by atoms with Gasteiger partial charge in [0.05, 0.1) is 0 Å². The largest absolute Gasteiger partial charge is 0.504 e. The van der Waals surface area contributed by atoms with Gasteiger partial charge in [-0.05, 0) is 80.6 Å². The molecule has 0 aliphatic rings. The maximum absolute atomic E-state index is 11.3. The molecule has 1 atom stereocenters. The predicted octanol–water partition coefficient (Wildman–Crippen LogP) is 2.66. The van der Waals surface area contributed by atoms with E-state index in [4.69, 9.17) is 5.73 Å². The third-order valence-electron chi connectivity index (χ3n) is 4.43. The van der Waals surface area contributed by atoms with E-state index in [0.29, 0.717) is 11.6 Å². The molecule has 0 fully saturated rings. The van der Waals surface area contributed by atoms with Crippen molar-refractivity contribution in [3.8, 4) is 11.5 Å². The normalized spacial score (nSPS) is 12.1. The molecule has 5 nitrogen and oxygen atoms in total. The van der Waals surface area contributed by atoms with Crippen molar-refractivity contribution in [1.82, 2.24) is 5.32 Å². The maximum Gasteiger partial charge on any atom is 0.248 e. The average molecular weight is 342 g/mol. The molecule has 0 radical (unpaired) electrons. The summed E-state index contributed by atoms with van der Waals surface area (Å²) in [6.07, 6.45) is 2.60. The van der Waals surface area contributed by atoms with Gasteiger partial charge < -0.3 is 21.3 Å². The minimum Gasteiger partial charge on any atom is -0.504 e. The summed E-state index contributed by atoms with van der Waals surface area (Å²) in [6, 6.07) is 10.8. The number of hydrogen-bond acceptors (Lipinski definition) is 4. The van der Waals surface area contributed by atoms with E-state index in [0.717, 1.165) is 42.5 Å². The van der Waals surface area contributed by atoms with Crippen LogP contribution in [0.3, 0.4) is 0 Å². The molecule has 0 saturated carbocycles. The van der Waals surface area contributed by atoms with Crippen LogP contribution in [0.15, 0.2) is 36.4 Å². The number of benzene rings is 2. The fourth-order valence-electron chi connectivity index (χ4n) is 2.76. The van der Waals surface area contributed by atoms with Crippen LogP contribution in [0.2, 0.25) is 0 Å². The zero-order valence-electron chi connectivity index (χ0n) is 14.7. The van der Waals surface area contributed by atoms with E-state index in [-0.39, 0.29) is 11.5 Å².